The molecule has 0 spiro atoms. The summed E-state index contributed by atoms with van der Waals surface area (Å²) in [6.45, 7) is 2.10. The number of aromatic nitrogens is 1. The molecule has 0 radical (unpaired) electrons. The van der Waals surface area contributed by atoms with E-state index in [0.717, 1.165) is 37.0 Å². The largest absolute Gasteiger partial charge is 0.441 e. The van der Waals surface area contributed by atoms with Gasteiger partial charge in [0.2, 0.25) is 15.7 Å². The van der Waals surface area contributed by atoms with Gasteiger partial charge in [-0.15, -0.1) is 0 Å². The molecular weight excluding hydrogens is 302 g/mol. The predicted molar refractivity (Wildman–Crippen MR) is 84.9 cm³/mol. The van der Waals surface area contributed by atoms with E-state index in [2.05, 4.69) is 14.6 Å². The molecule has 1 saturated heterocycles. The first-order valence-electron chi connectivity index (χ1n) is 7.53. The van der Waals surface area contributed by atoms with Crippen LogP contribution in [0.5, 0.6) is 0 Å². The molecule has 3 rings (SSSR count). The zero-order valence-electron chi connectivity index (χ0n) is 12.7. The van der Waals surface area contributed by atoms with E-state index in [1.165, 1.54) is 6.26 Å². The lowest BCUT2D eigenvalue weighted by Gasteiger charge is -2.35. The average Bonchev–Trinajstić information content (AvgIpc) is 2.88. The molecule has 0 aromatic carbocycles. The van der Waals surface area contributed by atoms with Crippen molar-refractivity contribution in [2.24, 2.45) is 0 Å². The van der Waals surface area contributed by atoms with Crippen LogP contribution in [0.3, 0.4) is 0 Å². The fraction of sp³-hybridized carbons (Fsp3) is 0.533. The number of hydrogen-bond donors (Lipinski definition) is 1. The zero-order chi connectivity index (χ0) is 15.6. The molecule has 6 nitrogen and oxygen atoms in total. The molecule has 1 atom stereocenters. The monoisotopic (exact) mass is 323 g/mol. The Hall–Kier alpha value is -1.44. The third kappa shape index (κ3) is 3.85. The maximum atomic E-state index is 11.3. The van der Waals surface area contributed by atoms with Crippen LogP contribution in [0, 0.1) is 0 Å². The lowest BCUT2D eigenvalue weighted by Crippen LogP contribution is -2.45. The fourth-order valence-corrected chi connectivity index (χ4v) is 3.45. The van der Waals surface area contributed by atoms with Crippen LogP contribution >= 0.6 is 0 Å². The molecule has 7 heteroatoms. The molecule has 0 bridgehead atoms. The van der Waals surface area contributed by atoms with Crippen molar-refractivity contribution in [1.29, 1.82) is 0 Å². The minimum Gasteiger partial charge on any atom is -0.441 e. The predicted octanol–water partition coefficient (Wildman–Crippen LogP) is 1.73. The second kappa shape index (κ2) is 6.36. The summed E-state index contributed by atoms with van der Waals surface area (Å²) in [5.41, 5.74) is 0.653. The molecule has 22 heavy (non-hydrogen) atoms. The highest BCUT2D eigenvalue weighted by atomic mass is 32.2. The summed E-state index contributed by atoms with van der Waals surface area (Å²) >= 11 is 0. The molecule has 1 fully saturated rings. The minimum absolute atomic E-state index is 0.213. The molecule has 2 aromatic rings. The van der Waals surface area contributed by atoms with Crippen molar-refractivity contribution in [3.8, 4) is 0 Å². The molecule has 1 unspecified atom stereocenters. The summed E-state index contributed by atoms with van der Waals surface area (Å²) in [6.07, 6.45) is 6.18. The summed E-state index contributed by atoms with van der Waals surface area (Å²) in [5, 5.41) is 1.00. The molecule has 2 aromatic heterocycles. The van der Waals surface area contributed by atoms with Crippen molar-refractivity contribution >= 4 is 21.1 Å². The maximum absolute atomic E-state index is 11.3. The van der Waals surface area contributed by atoms with Gasteiger partial charge in [0.25, 0.3) is 0 Å². The number of furan rings is 1. The van der Waals surface area contributed by atoms with E-state index in [1.807, 2.05) is 18.2 Å². The van der Waals surface area contributed by atoms with Crippen LogP contribution in [0.4, 0.5) is 0 Å². The first-order valence-corrected chi connectivity index (χ1v) is 9.42. The molecule has 1 aliphatic rings. The van der Waals surface area contributed by atoms with Gasteiger partial charge in [-0.25, -0.2) is 18.1 Å². The van der Waals surface area contributed by atoms with Crippen LogP contribution in [0.15, 0.2) is 28.8 Å². The second-order valence-electron chi connectivity index (χ2n) is 5.85. The molecular formula is C15H21N3O3S. The normalized spacial score (nSPS) is 20.5. The van der Waals surface area contributed by atoms with Crippen molar-refractivity contribution in [2.75, 3.05) is 19.3 Å². The van der Waals surface area contributed by atoms with Crippen LogP contribution < -0.4 is 4.72 Å². The molecule has 0 aliphatic carbocycles. The van der Waals surface area contributed by atoms with Gasteiger partial charge >= 0.3 is 0 Å². The van der Waals surface area contributed by atoms with Crippen molar-refractivity contribution < 1.29 is 12.8 Å². The number of rotatable bonds is 5. The Labute approximate surface area is 130 Å². The number of likely N-dealkylation sites (tertiary alicyclic amines) is 1. The quantitative estimate of drug-likeness (QED) is 0.907. The topological polar surface area (TPSA) is 75.4 Å². The molecule has 0 amide bonds. The number of hydrogen-bond acceptors (Lipinski definition) is 5. The van der Waals surface area contributed by atoms with Crippen LogP contribution in [0.2, 0.25) is 0 Å². The number of pyridine rings is 1. The summed E-state index contributed by atoms with van der Waals surface area (Å²) in [7, 11) is -3.15. The van der Waals surface area contributed by atoms with Crippen molar-refractivity contribution in [3.05, 3.63) is 30.2 Å². The number of nitrogens with one attached hydrogen (secondary N) is 1. The highest BCUT2D eigenvalue weighted by Crippen LogP contribution is 2.22. The van der Waals surface area contributed by atoms with Gasteiger partial charge in [0.05, 0.1) is 12.8 Å². The highest BCUT2D eigenvalue weighted by Gasteiger charge is 2.24. The molecule has 0 saturated carbocycles. The highest BCUT2D eigenvalue weighted by molar-refractivity contribution is 7.88. The Kier molecular flexibility index (Phi) is 4.46. The van der Waals surface area contributed by atoms with E-state index in [9.17, 15) is 8.42 Å². The third-order valence-corrected chi connectivity index (χ3v) is 4.73. The smallest absolute Gasteiger partial charge is 0.226 e. The van der Waals surface area contributed by atoms with Crippen molar-refractivity contribution in [2.45, 2.75) is 31.8 Å². The Morgan fingerprint density at radius 3 is 3.09 bits per heavy atom. The molecule has 1 aliphatic heterocycles. The SMILES string of the molecule is CS(=O)(=O)NCC1CCCCN1Cc1cc2cccnc2o1. The van der Waals surface area contributed by atoms with E-state index >= 15 is 0 Å². The second-order valence-corrected chi connectivity index (χ2v) is 7.68. The maximum Gasteiger partial charge on any atom is 0.226 e. The van der Waals surface area contributed by atoms with Gasteiger partial charge in [0.15, 0.2) is 0 Å². The Morgan fingerprint density at radius 2 is 2.32 bits per heavy atom. The summed E-state index contributed by atoms with van der Waals surface area (Å²) in [6, 6.07) is 6.10. The zero-order valence-corrected chi connectivity index (χ0v) is 13.5. The van der Waals surface area contributed by atoms with E-state index in [1.54, 1.807) is 6.20 Å². The number of piperidine rings is 1. The van der Waals surface area contributed by atoms with E-state index in [4.69, 9.17) is 4.42 Å². The molecule has 120 valence electrons. The average molecular weight is 323 g/mol. The third-order valence-electron chi connectivity index (χ3n) is 4.03. The Bertz CT molecular complexity index is 708. The number of nitrogens with zero attached hydrogens (tertiary/aromatic N) is 2. The molecule has 3 heterocycles. The molecule has 1 N–H and O–H groups in total. The first kappa shape index (κ1) is 15.5. The van der Waals surface area contributed by atoms with Gasteiger partial charge in [0.1, 0.15) is 5.76 Å². The van der Waals surface area contributed by atoms with E-state index in [-0.39, 0.29) is 6.04 Å². The number of fused-ring (bicyclic) bond motifs is 1. The lowest BCUT2D eigenvalue weighted by atomic mass is 10.0. The summed E-state index contributed by atoms with van der Waals surface area (Å²) < 4.78 is 31.0. The van der Waals surface area contributed by atoms with Gasteiger partial charge < -0.3 is 4.42 Å². The lowest BCUT2D eigenvalue weighted by molar-refractivity contribution is 0.133. The van der Waals surface area contributed by atoms with Gasteiger partial charge in [0, 0.05) is 24.2 Å². The van der Waals surface area contributed by atoms with Crippen LogP contribution in [-0.2, 0) is 16.6 Å². The van der Waals surface area contributed by atoms with Crippen LogP contribution in [0.1, 0.15) is 25.0 Å². The van der Waals surface area contributed by atoms with Gasteiger partial charge in [-0.3, -0.25) is 4.90 Å². The van der Waals surface area contributed by atoms with Crippen LogP contribution in [0.25, 0.3) is 11.1 Å². The fourth-order valence-electron chi connectivity index (χ4n) is 2.95. The Morgan fingerprint density at radius 1 is 1.45 bits per heavy atom. The minimum atomic E-state index is -3.15. The van der Waals surface area contributed by atoms with Crippen LogP contribution in [-0.4, -0.2) is 43.7 Å². The Balaban J connectivity index is 1.70. The van der Waals surface area contributed by atoms with E-state index < -0.39 is 10.0 Å². The first-order chi connectivity index (χ1) is 10.5. The summed E-state index contributed by atoms with van der Waals surface area (Å²) in [5.74, 6) is 0.875. The van der Waals surface area contributed by atoms with Gasteiger partial charge in [-0.2, -0.15) is 0 Å². The summed E-state index contributed by atoms with van der Waals surface area (Å²) in [4.78, 5) is 6.50. The van der Waals surface area contributed by atoms with Crippen molar-refractivity contribution in [3.63, 3.8) is 0 Å². The standard InChI is InChI=1S/C15H21N3O3S/c1-22(19,20)17-10-13-6-2-3-8-18(13)11-14-9-12-5-4-7-16-15(12)21-14/h4-5,7,9,13,17H,2-3,6,8,10-11H2,1H3. The number of sulfonamides is 1. The van der Waals surface area contributed by atoms with E-state index in [0.29, 0.717) is 18.8 Å². The van der Waals surface area contributed by atoms with Gasteiger partial charge in [-0.1, -0.05) is 6.42 Å². The van der Waals surface area contributed by atoms with Crippen molar-refractivity contribution in [1.82, 2.24) is 14.6 Å². The van der Waals surface area contributed by atoms with Gasteiger partial charge in [-0.05, 0) is 37.6 Å².